The Balaban J connectivity index is 1.96. The molecule has 0 radical (unpaired) electrons. The Morgan fingerprint density at radius 2 is 2.24 bits per heavy atom. The molecule has 3 rings (SSSR count). The van der Waals surface area contributed by atoms with Gasteiger partial charge in [-0.15, -0.1) is 0 Å². The molecule has 0 bridgehead atoms. The van der Waals surface area contributed by atoms with E-state index >= 15 is 0 Å². The fourth-order valence-electron chi connectivity index (χ4n) is 3.39. The largest absolute Gasteiger partial charge is 0.396 e. The fourth-order valence-corrected chi connectivity index (χ4v) is 3.39. The van der Waals surface area contributed by atoms with Crippen molar-refractivity contribution in [3.63, 3.8) is 0 Å². The predicted molar refractivity (Wildman–Crippen MR) is 93.5 cm³/mol. The second-order valence-corrected chi connectivity index (χ2v) is 6.58. The summed E-state index contributed by atoms with van der Waals surface area (Å²) < 4.78 is 16.0. The van der Waals surface area contributed by atoms with Crippen molar-refractivity contribution in [3.8, 4) is 5.69 Å². The molecule has 0 saturated carbocycles. The van der Waals surface area contributed by atoms with Crippen molar-refractivity contribution in [2.45, 2.75) is 52.0 Å². The maximum Gasteiger partial charge on any atom is 0.272 e. The van der Waals surface area contributed by atoms with E-state index < -0.39 is 0 Å². The van der Waals surface area contributed by atoms with Crippen LogP contribution in [0.2, 0.25) is 0 Å². The van der Waals surface area contributed by atoms with Crippen molar-refractivity contribution < 1.29 is 14.3 Å². The maximum atomic E-state index is 14.4. The molecule has 0 fully saturated rings. The van der Waals surface area contributed by atoms with Crippen molar-refractivity contribution in [1.82, 2.24) is 15.1 Å². The highest BCUT2D eigenvalue weighted by molar-refractivity contribution is 5.94. The maximum absolute atomic E-state index is 14.4. The van der Waals surface area contributed by atoms with Crippen molar-refractivity contribution in [2.24, 2.45) is 0 Å². The van der Waals surface area contributed by atoms with Crippen LogP contribution in [0, 0.1) is 12.7 Å². The summed E-state index contributed by atoms with van der Waals surface area (Å²) in [5.74, 6) is -0.583. The number of amides is 1. The Morgan fingerprint density at radius 3 is 2.92 bits per heavy atom. The van der Waals surface area contributed by atoms with Crippen LogP contribution in [0.15, 0.2) is 18.2 Å². The highest BCUT2D eigenvalue weighted by Crippen LogP contribution is 2.29. The fraction of sp³-hybridized carbons (Fsp3) is 0.474. The van der Waals surface area contributed by atoms with Crippen LogP contribution in [0.1, 0.15) is 53.5 Å². The first-order valence-electron chi connectivity index (χ1n) is 8.84. The quantitative estimate of drug-likeness (QED) is 0.846. The van der Waals surface area contributed by atoms with Gasteiger partial charge >= 0.3 is 0 Å². The van der Waals surface area contributed by atoms with Gasteiger partial charge in [-0.3, -0.25) is 4.79 Å². The summed E-state index contributed by atoms with van der Waals surface area (Å²) in [7, 11) is 0. The minimum Gasteiger partial charge on any atom is -0.396 e. The van der Waals surface area contributed by atoms with Crippen LogP contribution in [0.4, 0.5) is 4.39 Å². The highest BCUT2D eigenvalue weighted by Gasteiger charge is 2.28. The molecule has 25 heavy (non-hydrogen) atoms. The second kappa shape index (κ2) is 7.35. The number of benzene rings is 1. The lowest BCUT2D eigenvalue weighted by molar-refractivity contribution is 0.0922. The number of halogens is 1. The average molecular weight is 345 g/mol. The number of aromatic nitrogens is 2. The first kappa shape index (κ1) is 17.6. The highest BCUT2D eigenvalue weighted by atomic mass is 19.1. The Kier molecular flexibility index (Phi) is 5.18. The number of carbonyl (C=O) groups is 1. The zero-order chi connectivity index (χ0) is 18.0. The first-order chi connectivity index (χ1) is 12.0. The summed E-state index contributed by atoms with van der Waals surface area (Å²) in [5, 5.41) is 16.5. The number of rotatable bonds is 6. The summed E-state index contributed by atoms with van der Waals surface area (Å²) in [5.41, 5.74) is 3.44. The van der Waals surface area contributed by atoms with E-state index in [-0.39, 0.29) is 24.4 Å². The second-order valence-electron chi connectivity index (χ2n) is 6.58. The lowest BCUT2D eigenvalue weighted by Gasteiger charge is -2.15. The number of nitrogens with zero attached hydrogens (tertiary/aromatic N) is 2. The monoisotopic (exact) mass is 345 g/mol. The van der Waals surface area contributed by atoms with Crippen molar-refractivity contribution in [3.05, 3.63) is 46.5 Å². The van der Waals surface area contributed by atoms with Crippen LogP contribution in [0.25, 0.3) is 5.69 Å². The van der Waals surface area contributed by atoms with E-state index in [1.807, 2.05) is 19.9 Å². The van der Waals surface area contributed by atoms with E-state index in [1.54, 1.807) is 10.7 Å². The van der Waals surface area contributed by atoms with Gasteiger partial charge in [0.1, 0.15) is 11.5 Å². The lowest BCUT2D eigenvalue weighted by atomic mass is 10.1. The number of aliphatic hydroxyl groups is 1. The third-order valence-corrected chi connectivity index (χ3v) is 4.78. The molecule has 1 aromatic heterocycles. The molecule has 1 amide bonds. The van der Waals surface area contributed by atoms with Gasteiger partial charge in [0.05, 0.1) is 0 Å². The van der Waals surface area contributed by atoms with E-state index in [2.05, 4.69) is 10.4 Å². The van der Waals surface area contributed by atoms with Crippen LogP contribution in [0.5, 0.6) is 0 Å². The third kappa shape index (κ3) is 3.44. The van der Waals surface area contributed by atoms with E-state index in [9.17, 15) is 9.18 Å². The SMILES string of the molecule is CCC(CCO)NC(=O)c1nn(-c2ccc(C)cc2F)c2c1CCC2. The zero-order valence-corrected chi connectivity index (χ0v) is 14.7. The Morgan fingerprint density at radius 1 is 1.44 bits per heavy atom. The summed E-state index contributed by atoms with van der Waals surface area (Å²) in [6, 6.07) is 4.94. The van der Waals surface area contributed by atoms with Gasteiger partial charge in [-0.2, -0.15) is 5.10 Å². The normalized spacial score (nSPS) is 14.4. The van der Waals surface area contributed by atoms with Gasteiger partial charge in [0, 0.05) is 23.9 Å². The molecule has 1 aliphatic rings. The number of hydrogen-bond acceptors (Lipinski definition) is 3. The average Bonchev–Trinajstić information content (AvgIpc) is 3.17. The van der Waals surface area contributed by atoms with Crippen molar-refractivity contribution >= 4 is 5.91 Å². The molecule has 2 N–H and O–H groups in total. The Hall–Kier alpha value is -2.21. The van der Waals surface area contributed by atoms with Gasteiger partial charge in [-0.1, -0.05) is 13.0 Å². The van der Waals surface area contributed by atoms with Gasteiger partial charge in [0.25, 0.3) is 5.91 Å². The molecule has 6 heteroatoms. The van der Waals surface area contributed by atoms with Crippen molar-refractivity contribution in [1.29, 1.82) is 0 Å². The Bertz CT molecular complexity index is 785. The van der Waals surface area contributed by atoms with E-state index in [0.29, 0.717) is 17.8 Å². The molecular weight excluding hydrogens is 321 g/mol. The van der Waals surface area contributed by atoms with Crippen LogP contribution in [0.3, 0.4) is 0 Å². The molecule has 134 valence electrons. The zero-order valence-electron chi connectivity index (χ0n) is 14.7. The molecule has 5 nitrogen and oxygen atoms in total. The smallest absolute Gasteiger partial charge is 0.272 e. The van der Waals surface area contributed by atoms with Crippen LogP contribution in [-0.4, -0.2) is 33.4 Å². The molecular formula is C19H24FN3O2. The molecule has 0 spiro atoms. The van der Waals surface area contributed by atoms with Gasteiger partial charge < -0.3 is 10.4 Å². The van der Waals surface area contributed by atoms with Crippen LogP contribution in [-0.2, 0) is 12.8 Å². The number of nitrogens with one attached hydrogen (secondary N) is 1. The number of fused-ring (bicyclic) bond motifs is 1. The molecule has 1 unspecified atom stereocenters. The van der Waals surface area contributed by atoms with Gasteiger partial charge in [-0.25, -0.2) is 9.07 Å². The topological polar surface area (TPSA) is 67.2 Å². The van der Waals surface area contributed by atoms with Crippen LogP contribution < -0.4 is 5.32 Å². The molecule has 1 aromatic carbocycles. The molecule has 2 aromatic rings. The summed E-state index contributed by atoms with van der Waals surface area (Å²) in [6.45, 7) is 3.83. The number of hydrogen-bond donors (Lipinski definition) is 2. The minimum absolute atomic E-state index is 0.0277. The molecule has 0 saturated heterocycles. The van der Waals surface area contributed by atoms with E-state index in [1.165, 1.54) is 6.07 Å². The number of aliphatic hydroxyl groups excluding tert-OH is 1. The molecule has 1 heterocycles. The molecule has 1 aliphatic carbocycles. The summed E-state index contributed by atoms with van der Waals surface area (Å²) >= 11 is 0. The van der Waals surface area contributed by atoms with E-state index in [4.69, 9.17) is 5.11 Å². The third-order valence-electron chi connectivity index (χ3n) is 4.78. The predicted octanol–water partition coefficient (Wildman–Crippen LogP) is 2.70. The summed E-state index contributed by atoms with van der Waals surface area (Å²) in [4.78, 5) is 12.7. The van der Waals surface area contributed by atoms with Crippen LogP contribution >= 0.6 is 0 Å². The molecule has 0 aliphatic heterocycles. The van der Waals surface area contributed by atoms with Crippen molar-refractivity contribution in [2.75, 3.05) is 6.61 Å². The molecule has 1 atom stereocenters. The minimum atomic E-state index is -0.337. The lowest BCUT2D eigenvalue weighted by Crippen LogP contribution is -2.35. The first-order valence-corrected chi connectivity index (χ1v) is 8.84. The van der Waals surface area contributed by atoms with Gasteiger partial charge in [-0.05, 0) is 56.7 Å². The van der Waals surface area contributed by atoms with Gasteiger partial charge in [0.2, 0.25) is 0 Å². The standard InChI is InChI=1S/C19H24FN3O2/c1-3-13(9-10-24)21-19(25)18-14-5-4-6-16(14)23(22-18)17-8-7-12(2)11-15(17)20/h7-8,11,13,24H,3-6,9-10H2,1-2H3,(H,21,25). The van der Waals surface area contributed by atoms with Gasteiger partial charge in [0.15, 0.2) is 5.69 Å². The Labute approximate surface area is 146 Å². The summed E-state index contributed by atoms with van der Waals surface area (Å²) in [6.07, 6.45) is 3.76. The number of aryl methyl sites for hydroxylation is 1. The van der Waals surface area contributed by atoms with E-state index in [0.717, 1.165) is 42.5 Å². The number of carbonyl (C=O) groups excluding carboxylic acids is 1.